The topological polar surface area (TPSA) is 98.7 Å². The molecule has 37 heavy (non-hydrogen) atoms. The summed E-state index contributed by atoms with van der Waals surface area (Å²) >= 11 is 6.44. The van der Waals surface area contributed by atoms with E-state index in [0.717, 1.165) is 18.5 Å². The summed E-state index contributed by atoms with van der Waals surface area (Å²) in [5.41, 5.74) is 7.93. The summed E-state index contributed by atoms with van der Waals surface area (Å²) < 4.78 is 1.64. The number of nitrogens with two attached hydrogens (primary N) is 1. The molecule has 7 nitrogen and oxygen atoms in total. The number of benzene rings is 1. The molecular formula is C29H33ClN6O. The second-order valence-corrected chi connectivity index (χ2v) is 9.64. The Labute approximate surface area is 222 Å². The number of fused-ring (bicyclic) bond motifs is 1. The number of rotatable bonds is 6. The van der Waals surface area contributed by atoms with E-state index < -0.39 is 6.04 Å². The van der Waals surface area contributed by atoms with Crippen molar-refractivity contribution < 1.29 is 0 Å². The van der Waals surface area contributed by atoms with Gasteiger partial charge < -0.3 is 11.1 Å². The first-order chi connectivity index (χ1) is 17.9. The van der Waals surface area contributed by atoms with E-state index >= 15 is 0 Å². The van der Waals surface area contributed by atoms with Crippen LogP contribution in [0.5, 0.6) is 0 Å². The largest absolute Gasteiger partial charge is 0.382 e. The molecule has 0 spiro atoms. The lowest BCUT2D eigenvalue weighted by molar-refractivity contribution is 0.430. The Balaban J connectivity index is 1.80. The summed E-state index contributed by atoms with van der Waals surface area (Å²) in [6.07, 6.45) is 13.7. The van der Waals surface area contributed by atoms with E-state index in [4.69, 9.17) is 22.3 Å². The molecule has 3 N–H and O–H groups in total. The Hall–Kier alpha value is -3.63. The molecule has 1 atom stereocenters. The third kappa shape index (κ3) is 5.86. The standard InChI is InChI=1S/C29H33ClN6O/c1-4-6-13-21(5-2)36-28(35-24-15-10-14-23(30)25(24)29(36)37)19(3)34-27-22(26(31)32-18-33-27)17-16-20-11-8-7-9-12-20/h4,6,10,13-15,18-20H,5,7-9,11-12H2,1-3H3,(H3,31,32,33,34)/b6-4-,21-13+. The molecular weight excluding hydrogens is 484 g/mol. The Morgan fingerprint density at radius 2 is 2.08 bits per heavy atom. The zero-order chi connectivity index (χ0) is 26.4. The maximum Gasteiger partial charge on any atom is 0.267 e. The van der Waals surface area contributed by atoms with Crippen LogP contribution in [0.1, 0.15) is 76.7 Å². The predicted octanol–water partition coefficient (Wildman–Crippen LogP) is 6.35. The van der Waals surface area contributed by atoms with Gasteiger partial charge in [-0.1, -0.05) is 67.8 Å². The van der Waals surface area contributed by atoms with Gasteiger partial charge in [-0.15, -0.1) is 0 Å². The summed E-state index contributed by atoms with van der Waals surface area (Å²) in [5.74, 6) is 8.37. The number of hydrogen-bond acceptors (Lipinski definition) is 6. The molecule has 4 rings (SSSR count). The number of nitrogens with zero attached hydrogens (tertiary/aromatic N) is 4. The minimum atomic E-state index is -0.402. The maximum absolute atomic E-state index is 13.8. The zero-order valence-electron chi connectivity index (χ0n) is 21.6. The molecule has 0 aliphatic heterocycles. The first-order valence-electron chi connectivity index (χ1n) is 12.9. The number of hydrogen-bond donors (Lipinski definition) is 2. The molecule has 1 aliphatic carbocycles. The Kier molecular flexibility index (Phi) is 8.62. The summed E-state index contributed by atoms with van der Waals surface area (Å²) in [6, 6.07) is 4.90. The van der Waals surface area contributed by atoms with Crippen molar-refractivity contribution in [2.24, 2.45) is 5.92 Å². The van der Waals surface area contributed by atoms with Crippen molar-refractivity contribution in [2.75, 3.05) is 11.1 Å². The van der Waals surface area contributed by atoms with Gasteiger partial charge in [-0.25, -0.2) is 15.0 Å². The predicted molar refractivity (Wildman–Crippen MR) is 152 cm³/mol. The first kappa shape index (κ1) is 26.4. The molecule has 1 saturated carbocycles. The smallest absolute Gasteiger partial charge is 0.267 e. The van der Waals surface area contributed by atoms with Gasteiger partial charge in [0, 0.05) is 11.6 Å². The molecule has 1 fully saturated rings. The summed E-state index contributed by atoms with van der Waals surface area (Å²) in [4.78, 5) is 27.3. The van der Waals surface area contributed by atoms with Crippen LogP contribution in [0.25, 0.3) is 16.6 Å². The van der Waals surface area contributed by atoms with Crippen molar-refractivity contribution in [3.05, 3.63) is 69.5 Å². The second kappa shape index (κ2) is 12.1. The van der Waals surface area contributed by atoms with Crippen LogP contribution in [-0.4, -0.2) is 19.5 Å². The van der Waals surface area contributed by atoms with Crippen LogP contribution in [-0.2, 0) is 0 Å². The minimum Gasteiger partial charge on any atom is -0.382 e. The van der Waals surface area contributed by atoms with Crippen molar-refractivity contribution in [1.82, 2.24) is 19.5 Å². The summed E-state index contributed by atoms with van der Waals surface area (Å²) in [6.45, 7) is 5.88. The molecule has 1 aromatic carbocycles. The lowest BCUT2D eigenvalue weighted by Gasteiger charge is -2.22. The normalized spacial score (nSPS) is 15.5. The van der Waals surface area contributed by atoms with Gasteiger partial charge in [0.15, 0.2) is 0 Å². The van der Waals surface area contributed by atoms with Gasteiger partial charge >= 0.3 is 0 Å². The molecule has 1 aliphatic rings. The summed E-state index contributed by atoms with van der Waals surface area (Å²) in [5, 5.41) is 4.17. The Morgan fingerprint density at radius 3 is 2.81 bits per heavy atom. The van der Waals surface area contributed by atoms with Gasteiger partial charge in [-0.3, -0.25) is 9.36 Å². The Morgan fingerprint density at radius 1 is 1.30 bits per heavy atom. The SMILES string of the molecule is C/C=C\C=C(/CC)n1c(C(C)Nc2ncnc(N)c2C#CC2CCCCC2)nc2cccc(Cl)c2c1=O. The van der Waals surface area contributed by atoms with Crippen molar-refractivity contribution >= 4 is 39.8 Å². The fourth-order valence-electron chi connectivity index (χ4n) is 4.66. The number of anilines is 2. The third-order valence-electron chi connectivity index (χ3n) is 6.63. The number of nitrogen functional groups attached to an aromatic ring is 1. The van der Waals surface area contributed by atoms with Gasteiger partial charge in [0.2, 0.25) is 0 Å². The lowest BCUT2D eigenvalue weighted by Crippen LogP contribution is -2.28. The van der Waals surface area contributed by atoms with Gasteiger partial charge in [0.05, 0.1) is 22.0 Å². The van der Waals surface area contributed by atoms with E-state index in [1.807, 2.05) is 39.0 Å². The molecule has 0 bridgehead atoms. The van der Waals surface area contributed by atoms with E-state index in [-0.39, 0.29) is 5.56 Å². The highest BCUT2D eigenvalue weighted by molar-refractivity contribution is 6.35. The van der Waals surface area contributed by atoms with Crippen LogP contribution < -0.4 is 16.6 Å². The van der Waals surface area contributed by atoms with Crippen molar-refractivity contribution in [3.8, 4) is 11.8 Å². The highest BCUT2D eigenvalue weighted by atomic mass is 35.5. The zero-order valence-corrected chi connectivity index (χ0v) is 22.3. The molecule has 192 valence electrons. The van der Waals surface area contributed by atoms with Crippen LogP contribution in [0.4, 0.5) is 11.6 Å². The van der Waals surface area contributed by atoms with Crippen LogP contribution in [0.15, 0.2) is 47.5 Å². The molecule has 0 radical (unpaired) electrons. The highest BCUT2D eigenvalue weighted by Crippen LogP contribution is 2.27. The van der Waals surface area contributed by atoms with Gasteiger partial charge in [0.25, 0.3) is 5.56 Å². The van der Waals surface area contributed by atoms with Gasteiger partial charge in [-0.05, 0) is 51.3 Å². The fourth-order valence-corrected chi connectivity index (χ4v) is 4.91. The molecule has 3 aromatic rings. The van der Waals surface area contributed by atoms with Crippen molar-refractivity contribution in [1.29, 1.82) is 0 Å². The van der Waals surface area contributed by atoms with E-state index in [2.05, 4.69) is 27.1 Å². The van der Waals surface area contributed by atoms with E-state index in [1.54, 1.807) is 22.8 Å². The average molecular weight is 517 g/mol. The Bertz CT molecular complexity index is 1460. The number of aromatic nitrogens is 4. The molecule has 2 aromatic heterocycles. The quantitative estimate of drug-likeness (QED) is 0.292. The van der Waals surface area contributed by atoms with Crippen molar-refractivity contribution in [2.45, 2.75) is 65.3 Å². The van der Waals surface area contributed by atoms with Crippen LogP contribution in [0, 0.1) is 17.8 Å². The van der Waals surface area contributed by atoms with Crippen LogP contribution in [0.3, 0.4) is 0 Å². The van der Waals surface area contributed by atoms with Gasteiger partial charge in [0.1, 0.15) is 29.4 Å². The molecule has 8 heteroatoms. The monoisotopic (exact) mass is 516 g/mol. The van der Waals surface area contributed by atoms with Gasteiger partial charge in [-0.2, -0.15) is 0 Å². The molecule has 0 amide bonds. The second-order valence-electron chi connectivity index (χ2n) is 9.23. The summed E-state index contributed by atoms with van der Waals surface area (Å²) in [7, 11) is 0. The number of halogens is 1. The maximum atomic E-state index is 13.8. The highest BCUT2D eigenvalue weighted by Gasteiger charge is 2.21. The first-order valence-corrected chi connectivity index (χ1v) is 13.2. The van der Waals surface area contributed by atoms with Crippen molar-refractivity contribution in [3.63, 3.8) is 0 Å². The lowest BCUT2D eigenvalue weighted by atomic mass is 9.90. The number of allylic oxidation sites excluding steroid dienone is 4. The molecule has 2 heterocycles. The third-order valence-corrected chi connectivity index (χ3v) is 6.94. The van der Waals surface area contributed by atoms with Crippen LogP contribution >= 0.6 is 11.6 Å². The average Bonchev–Trinajstić information content (AvgIpc) is 2.90. The number of nitrogens with one attached hydrogen (secondary N) is 1. The van der Waals surface area contributed by atoms with E-state index in [0.29, 0.717) is 51.3 Å². The molecule has 0 saturated heterocycles. The van der Waals surface area contributed by atoms with E-state index in [9.17, 15) is 4.79 Å². The fraction of sp³-hybridized carbons (Fsp3) is 0.379. The minimum absolute atomic E-state index is 0.212. The van der Waals surface area contributed by atoms with E-state index in [1.165, 1.54) is 25.6 Å². The molecule has 1 unspecified atom stereocenters. The van der Waals surface area contributed by atoms with Crippen LogP contribution in [0.2, 0.25) is 5.02 Å².